The van der Waals surface area contributed by atoms with E-state index in [0.29, 0.717) is 30.4 Å². The predicted molar refractivity (Wildman–Crippen MR) is 116 cm³/mol. The highest BCUT2D eigenvalue weighted by atomic mass is 19.1. The molecule has 170 valence electrons. The lowest BCUT2D eigenvalue weighted by Gasteiger charge is -2.23. The molecule has 2 aliphatic heterocycles. The monoisotopic (exact) mass is 449 g/mol. The summed E-state index contributed by atoms with van der Waals surface area (Å²) >= 11 is 0. The van der Waals surface area contributed by atoms with Gasteiger partial charge in [-0.15, -0.1) is 0 Å². The zero-order valence-corrected chi connectivity index (χ0v) is 18.2. The van der Waals surface area contributed by atoms with Crippen LogP contribution in [0.15, 0.2) is 36.7 Å². The van der Waals surface area contributed by atoms with E-state index in [1.165, 1.54) is 23.3 Å². The van der Waals surface area contributed by atoms with Crippen molar-refractivity contribution in [3.05, 3.63) is 59.4 Å². The standard InChI is InChI=1S/C23H24FN7O2/c1-14-9-19(23(33)5-6-23)28-22(27-14)30-12-15-10-29(11-16(15)13-30)21(32)20-17(24)3-2-4-18(20)31-25-7-8-26-31/h2-4,7-9,15-16,33H,5-6,10-13H2,1H3/t15-,16+. The second kappa shape index (κ2) is 7.31. The first-order chi connectivity index (χ1) is 15.9. The van der Waals surface area contributed by atoms with Gasteiger partial charge in [0.2, 0.25) is 5.95 Å². The Kier molecular flexibility index (Phi) is 4.48. The molecule has 0 radical (unpaired) electrons. The first kappa shape index (κ1) is 20.2. The van der Waals surface area contributed by atoms with Crippen molar-refractivity contribution >= 4 is 11.9 Å². The number of hydrogen-bond acceptors (Lipinski definition) is 7. The Labute approximate surface area is 189 Å². The van der Waals surface area contributed by atoms with E-state index < -0.39 is 11.4 Å². The number of amides is 1. The Morgan fingerprint density at radius 2 is 1.79 bits per heavy atom. The van der Waals surface area contributed by atoms with E-state index >= 15 is 0 Å². The number of anilines is 1. The highest BCUT2D eigenvalue weighted by Gasteiger charge is 2.46. The summed E-state index contributed by atoms with van der Waals surface area (Å²) in [5.74, 6) is 0.226. The van der Waals surface area contributed by atoms with Gasteiger partial charge in [-0.25, -0.2) is 14.4 Å². The van der Waals surface area contributed by atoms with Crippen LogP contribution >= 0.6 is 0 Å². The first-order valence-electron chi connectivity index (χ1n) is 11.2. The molecule has 10 heteroatoms. The molecule has 0 unspecified atom stereocenters. The summed E-state index contributed by atoms with van der Waals surface area (Å²) in [6.07, 6.45) is 4.46. The van der Waals surface area contributed by atoms with Gasteiger partial charge in [-0.1, -0.05) is 6.07 Å². The van der Waals surface area contributed by atoms with Gasteiger partial charge in [-0.05, 0) is 38.0 Å². The number of nitrogens with zero attached hydrogens (tertiary/aromatic N) is 7. The van der Waals surface area contributed by atoms with Crippen molar-refractivity contribution in [2.24, 2.45) is 11.8 Å². The zero-order chi connectivity index (χ0) is 22.7. The molecular formula is C23H24FN7O2. The molecule has 9 nitrogen and oxygen atoms in total. The van der Waals surface area contributed by atoms with E-state index in [-0.39, 0.29) is 23.3 Å². The number of fused-ring (bicyclic) bond motifs is 1. The molecule has 2 saturated heterocycles. The van der Waals surface area contributed by atoms with Gasteiger partial charge in [0, 0.05) is 43.7 Å². The van der Waals surface area contributed by atoms with Crippen molar-refractivity contribution < 1.29 is 14.3 Å². The van der Waals surface area contributed by atoms with Crippen LogP contribution in [0, 0.1) is 24.6 Å². The summed E-state index contributed by atoms with van der Waals surface area (Å²) in [6.45, 7) is 4.45. The molecule has 3 aromatic rings. The highest BCUT2D eigenvalue weighted by Crippen LogP contribution is 2.45. The van der Waals surface area contributed by atoms with Crippen LogP contribution in [0.25, 0.3) is 5.69 Å². The summed E-state index contributed by atoms with van der Waals surface area (Å²) in [5.41, 5.74) is 1.06. The van der Waals surface area contributed by atoms with Gasteiger partial charge < -0.3 is 14.9 Å². The van der Waals surface area contributed by atoms with Crippen LogP contribution in [0.4, 0.5) is 10.3 Å². The van der Waals surface area contributed by atoms with E-state index in [9.17, 15) is 14.3 Å². The highest BCUT2D eigenvalue weighted by molar-refractivity contribution is 5.98. The molecule has 33 heavy (non-hydrogen) atoms. The fourth-order valence-corrected chi connectivity index (χ4v) is 5.02. The van der Waals surface area contributed by atoms with Gasteiger partial charge in [0.25, 0.3) is 5.91 Å². The topological polar surface area (TPSA) is 100 Å². The third-order valence-corrected chi connectivity index (χ3v) is 6.94. The third kappa shape index (κ3) is 3.45. The number of halogens is 1. The average Bonchev–Trinajstić information content (AvgIpc) is 3.19. The average molecular weight is 449 g/mol. The second-order valence-electron chi connectivity index (χ2n) is 9.31. The maximum absolute atomic E-state index is 14.7. The molecule has 4 heterocycles. The molecule has 1 aromatic carbocycles. The molecule has 0 bridgehead atoms. The second-order valence-corrected chi connectivity index (χ2v) is 9.31. The number of aromatic nitrogens is 5. The van der Waals surface area contributed by atoms with Crippen molar-refractivity contribution in [3.8, 4) is 5.69 Å². The van der Waals surface area contributed by atoms with Gasteiger partial charge in [0.15, 0.2) is 0 Å². The number of aliphatic hydroxyl groups is 1. The van der Waals surface area contributed by atoms with Crippen LogP contribution in [-0.4, -0.2) is 67.1 Å². The maximum atomic E-state index is 14.7. The quantitative estimate of drug-likeness (QED) is 0.647. The van der Waals surface area contributed by atoms with Gasteiger partial charge in [0.1, 0.15) is 22.7 Å². The normalized spacial score (nSPS) is 23.1. The predicted octanol–water partition coefficient (Wildman–Crippen LogP) is 1.69. The molecule has 2 atom stereocenters. The maximum Gasteiger partial charge on any atom is 0.259 e. The first-order valence-corrected chi connectivity index (χ1v) is 11.2. The Bertz CT molecular complexity index is 1210. The number of likely N-dealkylation sites (tertiary alicyclic amines) is 1. The Hall–Kier alpha value is -3.40. The molecular weight excluding hydrogens is 425 g/mol. The van der Waals surface area contributed by atoms with Crippen molar-refractivity contribution in [3.63, 3.8) is 0 Å². The molecule has 1 N–H and O–H groups in total. The molecule has 1 aliphatic carbocycles. The van der Waals surface area contributed by atoms with Gasteiger partial charge in [0.05, 0.1) is 18.1 Å². The van der Waals surface area contributed by atoms with Crippen molar-refractivity contribution in [1.29, 1.82) is 0 Å². The van der Waals surface area contributed by atoms with E-state index in [2.05, 4.69) is 25.1 Å². The van der Waals surface area contributed by atoms with E-state index in [4.69, 9.17) is 0 Å². The number of rotatable bonds is 4. The Morgan fingerprint density at radius 3 is 2.45 bits per heavy atom. The van der Waals surface area contributed by atoms with Gasteiger partial charge >= 0.3 is 0 Å². The van der Waals surface area contributed by atoms with E-state index in [1.54, 1.807) is 17.0 Å². The molecule has 1 saturated carbocycles. The summed E-state index contributed by atoms with van der Waals surface area (Å²) < 4.78 is 14.7. The van der Waals surface area contributed by atoms with Crippen molar-refractivity contribution in [1.82, 2.24) is 29.9 Å². The zero-order valence-electron chi connectivity index (χ0n) is 18.2. The van der Waals surface area contributed by atoms with Crippen LogP contribution in [0.2, 0.25) is 0 Å². The van der Waals surface area contributed by atoms with Crippen LogP contribution in [0.3, 0.4) is 0 Å². The number of aryl methyl sites for hydroxylation is 1. The fraction of sp³-hybridized carbons (Fsp3) is 0.435. The van der Waals surface area contributed by atoms with Crippen molar-refractivity contribution in [2.75, 3.05) is 31.1 Å². The van der Waals surface area contributed by atoms with Gasteiger partial charge in [-0.3, -0.25) is 4.79 Å². The minimum Gasteiger partial charge on any atom is -0.384 e. The van der Waals surface area contributed by atoms with Crippen molar-refractivity contribution in [2.45, 2.75) is 25.4 Å². The third-order valence-electron chi connectivity index (χ3n) is 6.94. The van der Waals surface area contributed by atoms with Gasteiger partial charge in [-0.2, -0.15) is 15.0 Å². The molecule has 2 aromatic heterocycles. The lowest BCUT2D eigenvalue weighted by molar-refractivity contribution is 0.0777. The smallest absolute Gasteiger partial charge is 0.259 e. The molecule has 3 aliphatic rings. The van der Waals surface area contributed by atoms with Crippen LogP contribution in [0.5, 0.6) is 0 Å². The molecule has 0 spiro atoms. The van der Waals surface area contributed by atoms with Crippen LogP contribution < -0.4 is 4.90 Å². The lowest BCUT2D eigenvalue weighted by atomic mass is 10.0. The number of carbonyl (C=O) groups excluding carboxylic acids is 1. The number of hydrogen-bond donors (Lipinski definition) is 1. The molecule has 6 rings (SSSR count). The van der Waals surface area contributed by atoms with Crippen LogP contribution in [0.1, 0.15) is 34.6 Å². The Balaban J connectivity index is 1.20. The number of benzene rings is 1. The fourth-order valence-electron chi connectivity index (χ4n) is 5.02. The Morgan fingerprint density at radius 1 is 1.09 bits per heavy atom. The number of carbonyl (C=O) groups is 1. The lowest BCUT2D eigenvalue weighted by Crippen LogP contribution is -2.35. The largest absolute Gasteiger partial charge is 0.384 e. The summed E-state index contributed by atoms with van der Waals surface area (Å²) in [4.78, 5) is 27.7. The van der Waals surface area contributed by atoms with E-state index in [0.717, 1.165) is 31.6 Å². The molecule has 3 fully saturated rings. The molecule has 1 amide bonds. The summed E-state index contributed by atoms with van der Waals surface area (Å²) in [6, 6.07) is 6.35. The van der Waals surface area contributed by atoms with E-state index in [1.807, 2.05) is 13.0 Å². The summed E-state index contributed by atoms with van der Waals surface area (Å²) in [5, 5.41) is 18.6. The minimum absolute atomic E-state index is 0.00475. The minimum atomic E-state index is -0.803. The van der Waals surface area contributed by atoms with Crippen LogP contribution in [-0.2, 0) is 5.60 Å². The summed E-state index contributed by atoms with van der Waals surface area (Å²) in [7, 11) is 0. The SMILES string of the molecule is Cc1cc(C2(O)CC2)nc(N2C[C@H]3CN(C(=O)c4c(F)cccc4-n4nccn4)C[C@H]3C2)n1.